The first kappa shape index (κ1) is 12.1. The van der Waals surface area contributed by atoms with Gasteiger partial charge in [-0.05, 0) is 29.5 Å². The average molecular weight is 228 g/mol. The van der Waals surface area contributed by atoms with Crippen LogP contribution in [0.3, 0.4) is 0 Å². The molecule has 2 aromatic rings. The van der Waals surface area contributed by atoms with Gasteiger partial charge in [0, 0.05) is 17.6 Å². The smallest absolute Gasteiger partial charge is 0.0704 e. The van der Waals surface area contributed by atoms with Gasteiger partial charge >= 0.3 is 0 Å². The maximum Gasteiger partial charge on any atom is 0.0704 e. The van der Waals surface area contributed by atoms with Crippen LogP contribution in [-0.2, 0) is 6.42 Å². The summed E-state index contributed by atoms with van der Waals surface area (Å²) in [6, 6.07) is 10.5. The molecule has 1 heterocycles. The summed E-state index contributed by atoms with van der Waals surface area (Å²) in [5.74, 6) is 0. The van der Waals surface area contributed by atoms with Gasteiger partial charge < -0.3 is 5.73 Å². The van der Waals surface area contributed by atoms with E-state index in [1.165, 1.54) is 10.9 Å². The molecule has 1 aromatic carbocycles. The van der Waals surface area contributed by atoms with E-state index in [4.69, 9.17) is 5.73 Å². The van der Waals surface area contributed by atoms with Gasteiger partial charge in [-0.1, -0.05) is 39.0 Å². The highest BCUT2D eigenvalue weighted by Gasteiger charge is 2.21. The van der Waals surface area contributed by atoms with Crippen LogP contribution in [0.2, 0.25) is 0 Å². The third kappa shape index (κ3) is 2.64. The zero-order valence-corrected chi connectivity index (χ0v) is 10.8. The summed E-state index contributed by atoms with van der Waals surface area (Å²) in [6.07, 6.45) is 2.76. The van der Waals surface area contributed by atoms with Crippen molar-refractivity contribution >= 4 is 10.9 Å². The average Bonchev–Trinajstić information content (AvgIpc) is 2.28. The van der Waals surface area contributed by atoms with Crippen molar-refractivity contribution in [3.05, 3.63) is 42.1 Å². The monoisotopic (exact) mass is 228 g/mol. The maximum atomic E-state index is 6.25. The first-order valence-electron chi connectivity index (χ1n) is 6.06. The van der Waals surface area contributed by atoms with Crippen molar-refractivity contribution in [2.24, 2.45) is 11.1 Å². The lowest BCUT2D eigenvalue weighted by molar-refractivity contribution is 0.319. The summed E-state index contributed by atoms with van der Waals surface area (Å²) in [5.41, 5.74) is 8.72. The second kappa shape index (κ2) is 4.46. The molecule has 0 spiro atoms. The second-order valence-electron chi connectivity index (χ2n) is 5.66. The minimum Gasteiger partial charge on any atom is -0.327 e. The van der Waals surface area contributed by atoms with Gasteiger partial charge in [-0.3, -0.25) is 4.98 Å². The molecule has 1 atom stereocenters. The highest BCUT2D eigenvalue weighted by molar-refractivity contribution is 5.81. The van der Waals surface area contributed by atoms with E-state index in [1.54, 1.807) is 0 Å². The third-order valence-electron chi connectivity index (χ3n) is 3.29. The molecule has 90 valence electrons. The standard InChI is InChI=1S/C15H20N2/c1-15(2,3)14(16)10-11-8-9-17-13-7-5-4-6-12(11)13/h4-9,14H,10,16H2,1-3H3. The third-order valence-corrected chi connectivity index (χ3v) is 3.29. The van der Waals surface area contributed by atoms with Gasteiger partial charge in [0.25, 0.3) is 0 Å². The highest BCUT2D eigenvalue weighted by Crippen LogP contribution is 2.24. The van der Waals surface area contributed by atoms with Crippen molar-refractivity contribution in [3.63, 3.8) is 0 Å². The molecule has 2 N–H and O–H groups in total. The van der Waals surface area contributed by atoms with Gasteiger partial charge in [0.1, 0.15) is 0 Å². The van der Waals surface area contributed by atoms with Crippen LogP contribution >= 0.6 is 0 Å². The number of nitrogens with zero attached hydrogens (tertiary/aromatic N) is 1. The number of para-hydroxylation sites is 1. The Bertz CT molecular complexity index is 506. The van der Waals surface area contributed by atoms with Crippen molar-refractivity contribution in [1.29, 1.82) is 0 Å². The largest absolute Gasteiger partial charge is 0.327 e. The Morgan fingerprint density at radius 1 is 1.18 bits per heavy atom. The van der Waals surface area contributed by atoms with Gasteiger partial charge in [0.05, 0.1) is 5.52 Å². The van der Waals surface area contributed by atoms with Gasteiger partial charge in [0.2, 0.25) is 0 Å². The van der Waals surface area contributed by atoms with Crippen LogP contribution < -0.4 is 5.73 Å². The molecule has 1 unspecified atom stereocenters. The molecule has 0 saturated heterocycles. The molecule has 2 heteroatoms. The Kier molecular flexibility index (Phi) is 3.16. The lowest BCUT2D eigenvalue weighted by Gasteiger charge is -2.27. The zero-order chi connectivity index (χ0) is 12.5. The minimum atomic E-state index is 0.129. The van der Waals surface area contributed by atoms with Gasteiger partial charge in [0.15, 0.2) is 0 Å². The number of hydrogen-bond donors (Lipinski definition) is 1. The number of pyridine rings is 1. The van der Waals surface area contributed by atoms with E-state index in [1.807, 2.05) is 18.3 Å². The Morgan fingerprint density at radius 3 is 2.59 bits per heavy atom. The van der Waals surface area contributed by atoms with Crippen molar-refractivity contribution in [3.8, 4) is 0 Å². The van der Waals surface area contributed by atoms with Crippen LogP contribution in [0.15, 0.2) is 36.5 Å². The number of aromatic nitrogens is 1. The summed E-state index contributed by atoms with van der Waals surface area (Å²) in [4.78, 5) is 4.37. The van der Waals surface area contributed by atoms with E-state index in [0.29, 0.717) is 0 Å². The minimum absolute atomic E-state index is 0.129. The summed E-state index contributed by atoms with van der Waals surface area (Å²) in [5, 5.41) is 1.22. The maximum absolute atomic E-state index is 6.25. The molecular formula is C15H20N2. The van der Waals surface area contributed by atoms with Crippen LogP contribution in [-0.4, -0.2) is 11.0 Å². The summed E-state index contributed by atoms with van der Waals surface area (Å²) >= 11 is 0. The summed E-state index contributed by atoms with van der Waals surface area (Å²) in [7, 11) is 0. The quantitative estimate of drug-likeness (QED) is 0.857. The van der Waals surface area contributed by atoms with Crippen molar-refractivity contribution in [2.45, 2.75) is 33.2 Å². The van der Waals surface area contributed by atoms with Crippen molar-refractivity contribution in [2.75, 3.05) is 0 Å². The Labute approximate surface area is 103 Å². The SMILES string of the molecule is CC(C)(C)C(N)Cc1ccnc2ccccc12. The van der Waals surface area contributed by atoms with Gasteiger partial charge in [-0.25, -0.2) is 0 Å². The van der Waals surface area contributed by atoms with E-state index in [-0.39, 0.29) is 11.5 Å². The van der Waals surface area contributed by atoms with Crippen molar-refractivity contribution < 1.29 is 0 Å². The topological polar surface area (TPSA) is 38.9 Å². The fraction of sp³-hybridized carbons (Fsp3) is 0.400. The molecule has 0 saturated carbocycles. The van der Waals surface area contributed by atoms with E-state index in [0.717, 1.165) is 11.9 Å². The molecular weight excluding hydrogens is 208 g/mol. The van der Waals surface area contributed by atoms with Crippen molar-refractivity contribution in [1.82, 2.24) is 4.98 Å². The van der Waals surface area contributed by atoms with E-state index in [9.17, 15) is 0 Å². The number of nitrogens with two attached hydrogens (primary N) is 1. The fourth-order valence-electron chi connectivity index (χ4n) is 1.88. The molecule has 1 aromatic heterocycles. The lowest BCUT2D eigenvalue weighted by Crippen LogP contribution is -2.36. The Morgan fingerprint density at radius 2 is 1.88 bits per heavy atom. The van der Waals surface area contributed by atoms with Crippen LogP contribution in [0.1, 0.15) is 26.3 Å². The number of fused-ring (bicyclic) bond motifs is 1. The molecule has 0 amide bonds. The molecule has 2 nitrogen and oxygen atoms in total. The Hall–Kier alpha value is -1.41. The molecule has 0 bridgehead atoms. The first-order valence-corrected chi connectivity index (χ1v) is 6.06. The molecule has 0 fully saturated rings. The zero-order valence-electron chi connectivity index (χ0n) is 10.8. The molecule has 0 aliphatic heterocycles. The fourth-order valence-corrected chi connectivity index (χ4v) is 1.88. The molecule has 0 aliphatic carbocycles. The predicted molar refractivity (Wildman–Crippen MR) is 72.9 cm³/mol. The highest BCUT2D eigenvalue weighted by atomic mass is 14.7. The Balaban J connectivity index is 2.36. The van der Waals surface area contributed by atoms with Gasteiger partial charge in [-0.15, -0.1) is 0 Å². The first-order chi connectivity index (χ1) is 7.98. The van der Waals surface area contributed by atoms with Gasteiger partial charge in [-0.2, -0.15) is 0 Å². The van der Waals surface area contributed by atoms with E-state index >= 15 is 0 Å². The number of benzene rings is 1. The molecule has 0 radical (unpaired) electrons. The molecule has 0 aliphatic rings. The summed E-state index contributed by atoms with van der Waals surface area (Å²) < 4.78 is 0. The molecule has 17 heavy (non-hydrogen) atoms. The lowest BCUT2D eigenvalue weighted by atomic mass is 9.83. The molecule has 2 rings (SSSR count). The number of rotatable bonds is 2. The van der Waals surface area contributed by atoms with Crippen LogP contribution in [0.4, 0.5) is 0 Å². The van der Waals surface area contributed by atoms with E-state index < -0.39 is 0 Å². The van der Waals surface area contributed by atoms with Crippen LogP contribution in [0.25, 0.3) is 10.9 Å². The number of hydrogen-bond acceptors (Lipinski definition) is 2. The summed E-state index contributed by atoms with van der Waals surface area (Å²) in [6.45, 7) is 6.54. The van der Waals surface area contributed by atoms with Crippen LogP contribution in [0.5, 0.6) is 0 Å². The second-order valence-corrected chi connectivity index (χ2v) is 5.66. The van der Waals surface area contributed by atoms with E-state index in [2.05, 4.69) is 44.0 Å². The normalized spacial score (nSPS) is 13.9. The predicted octanol–water partition coefficient (Wildman–Crippen LogP) is 3.15. The van der Waals surface area contributed by atoms with Crippen LogP contribution in [0, 0.1) is 5.41 Å².